The van der Waals surface area contributed by atoms with E-state index in [1.165, 1.54) is 18.4 Å². The van der Waals surface area contributed by atoms with Crippen molar-refractivity contribution in [1.29, 1.82) is 0 Å². The number of rotatable bonds is 3. The van der Waals surface area contributed by atoms with E-state index in [1.54, 1.807) is 4.90 Å². The van der Waals surface area contributed by atoms with Crippen LogP contribution in [0.15, 0.2) is 41.8 Å². The summed E-state index contributed by atoms with van der Waals surface area (Å²) in [5.74, 6) is -0.261. The van der Waals surface area contributed by atoms with Crippen molar-refractivity contribution in [3.63, 3.8) is 0 Å². The van der Waals surface area contributed by atoms with Gasteiger partial charge in [-0.15, -0.1) is 11.3 Å². The molecule has 108 valence electrons. The van der Waals surface area contributed by atoms with Crippen LogP contribution in [0.4, 0.5) is 5.69 Å². The zero-order valence-corrected chi connectivity index (χ0v) is 12.4. The summed E-state index contributed by atoms with van der Waals surface area (Å²) >= 11 is 1.43. The van der Waals surface area contributed by atoms with Gasteiger partial charge in [-0.2, -0.15) is 0 Å². The molecule has 0 fully saturated rings. The van der Waals surface area contributed by atoms with Gasteiger partial charge in [0, 0.05) is 18.2 Å². The topological polar surface area (TPSA) is 46.6 Å². The van der Waals surface area contributed by atoms with Crippen LogP contribution >= 0.6 is 11.3 Å². The molecule has 2 heterocycles. The molecular formula is C16H15NO3S. The number of anilines is 1. The van der Waals surface area contributed by atoms with Crippen LogP contribution in [-0.2, 0) is 9.53 Å². The number of carbonyl (C=O) groups is 2. The third kappa shape index (κ3) is 2.56. The third-order valence-electron chi connectivity index (χ3n) is 3.69. The van der Waals surface area contributed by atoms with Crippen molar-refractivity contribution in [3.8, 4) is 0 Å². The fourth-order valence-corrected chi connectivity index (χ4v) is 3.35. The Morgan fingerprint density at radius 2 is 2.10 bits per heavy atom. The predicted octanol–water partition coefficient (Wildman–Crippen LogP) is 3.06. The molecule has 0 N–H and O–H groups in total. The Bertz CT molecular complexity index is 666. The number of nitrogens with zero attached hydrogens (tertiary/aromatic N) is 1. The van der Waals surface area contributed by atoms with Crippen LogP contribution in [0.2, 0.25) is 0 Å². The standard InChI is InChI=1S/C16H15NO3S/c1-20-15(18)9-11-10-17(13-6-3-2-5-12(11)13)16(19)14-7-4-8-21-14/h2-8,11H,9-10H2,1H3. The number of fused-ring (bicyclic) bond motifs is 1. The van der Waals surface area contributed by atoms with Gasteiger partial charge >= 0.3 is 5.97 Å². The highest BCUT2D eigenvalue weighted by Crippen LogP contribution is 2.39. The molecule has 0 bridgehead atoms. The number of benzene rings is 1. The van der Waals surface area contributed by atoms with Crippen molar-refractivity contribution >= 4 is 28.9 Å². The van der Waals surface area contributed by atoms with E-state index in [0.717, 1.165) is 11.3 Å². The van der Waals surface area contributed by atoms with Gasteiger partial charge < -0.3 is 9.64 Å². The average Bonchev–Trinajstić information content (AvgIpc) is 3.15. The largest absolute Gasteiger partial charge is 0.469 e. The summed E-state index contributed by atoms with van der Waals surface area (Å²) in [6, 6.07) is 11.4. The molecule has 5 heteroatoms. The van der Waals surface area contributed by atoms with Crippen molar-refractivity contribution in [2.24, 2.45) is 0 Å². The highest BCUT2D eigenvalue weighted by Gasteiger charge is 2.34. The number of carbonyl (C=O) groups excluding carboxylic acids is 2. The second kappa shape index (κ2) is 5.69. The summed E-state index contributed by atoms with van der Waals surface area (Å²) < 4.78 is 4.75. The molecular weight excluding hydrogens is 286 g/mol. The van der Waals surface area contributed by atoms with Crippen molar-refractivity contribution < 1.29 is 14.3 Å². The van der Waals surface area contributed by atoms with E-state index in [0.29, 0.717) is 17.8 Å². The van der Waals surface area contributed by atoms with Crippen LogP contribution < -0.4 is 4.90 Å². The minimum absolute atomic E-state index is 0.00226. The van der Waals surface area contributed by atoms with Crippen molar-refractivity contribution in [2.45, 2.75) is 12.3 Å². The molecule has 1 aliphatic rings. The summed E-state index contributed by atoms with van der Waals surface area (Å²) in [5, 5.41) is 1.89. The van der Waals surface area contributed by atoms with E-state index in [1.807, 2.05) is 41.8 Å². The van der Waals surface area contributed by atoms with Gasteiger partial charge in [0.1, 0.15) is 0 Å². The monoisotopic (exact) mass is 301 g/mol. The summed E-state index contributed by atoms with van der Waals surface area (Å²) in [5.41, 5.74) is 1.93. The molecule has 0 saturated carbocycles. The normalized spacial score (nSPS) is 16.6. The van der Waals surface area contributed by atoms with Crippen LogP contribution in [0.5, 0.6) is 0 Å². The first-order valence-corrected chi connectivity index (χ1v) is 7.59. The lowest BCUT2D eigenvalue weighted by molar-refractivity contribution is -0.141. The lowest BCUT2D eigenvalue weighted by Gasteiger charge is -2.16. The van der Waals surface area contributed by atoms with E-state index >= 15 is 0 Å². The molecule has 21 heavy (non-hydrogen) atoms. The minimum atomic E-state index is -0.250. The summed E-state index contributed by atoms with van der Waals surface area (Å²) in [7, 11) is 1.39. The van der Waals surface area contributed by atoms with Gasteiger partial charge in [0.2, 0.25) is 0 Å². The van der Waals surface area contributed by atoms with Crippen LogP contribution in [0, 0.1) is 0 Å². The van der Waals surface area contributed by atoms with Crippen LogP contribution in [-0.4, -0.2) is 25.5 Å². The number of amides is 1. The number of esters is 1. The van der Waals surface area contributed by atoms with Gasteiger partial charge in [0.15, 0.2) is 0 Å². The van der Waals surface area contributed by atoms with E-state index in [9.17, 15) is 9.59 Å². The van der Waals surface area contributed by atoms with Gasteiger partial charge in [-0.3, -0.25) is 9.59 Å². The zero-order valence-electron chi connectivity index (χ0n) is 11.6. The maximum atomic E-state index is 12.6. The molecule has 1 aromatic carbocycles. The molecule has 3 rings (SSSR count). The molecule has 1 amide bonds. The summed E-state index contributed by atoms with van der Waals surface area (Å²) in [6.07, 6.45) is 0.293. The van der Waals surface area contributed by atoms with Gasteiger partial charge in [-0.1, -0.05) is 24.3 Å². The fourth-order valence-electron chi connectivity index (χ4n) is 2.68. The first-order valence-electron chi connectivity index (χ1n) is 6.72. The van der Waals surface area contributed by atoms with Gasteiger partial charge in [0.05, 0.1) is 18.4 Å². The molecule has 4 nitrogen and oxygen atoms in total. The maximum Gasteiger partial charge on any atom is 0.306 e. The van der Waals surface area contributed by atoms with Gasteiger partial charge in [0.25, 0.3) is 5.91 Å². The molecule has 1 atom stereocenters. The van der Waals surface area contributed by atoms with Crippen LogP contribution in [0.3, 0.4) is 0 Å². The predicted molar refractivity (Wildman–Crippen MR) is 81.8 cm³/mol. The summed E-state index contributed by atoms with van der Waals surface area (Å²) in [6.45, 7) is 0.519. The molecule has 2 aromatic rings. The lowest BCUT2D eigenvalue weighted by Crippen LogP contribution is -2.29. The van der Waals surface area contributed by atoms with Crippen LogP contribution in [0.25, 0.3) is 0 Å². The Morgan fingerprint density at radius 3 is 2.81 bits per heavy atom. The van der Waals surface area contributed by atoms with E-state index in [-0.39, 0.29) is 17.8 Å². The molecule has 0 spiro atoms. The molecule has 1 unspecified atom stereocenters. The Hall–Kier alpha value is -2.14. The van der Waals surface area contributed by atoms with E-state index in [4.69, 9.17) is 4.74 Å². The maximum absolute atomic E-state index is 12.6. The van der Waals surface area contributed by atoms with Crippen molar-refractivity contribution in [3.05, 3.63) is 52.2 Å². The average molecular weight is 301 g/mol. The third-order valence-corrected chi connectivity index (χ3v) is 4.55. The van der Waals surface area contributed by atoms with Crippen molar-refractivity contribution in [2.75, 3.05) is 18.6 Å². The molecule has 1 aromatic heterocycles. The number of ether oxygens (including phenoxy) is 1. The molecule has 1 aliphatic heterocycles. The number of thiophene rings is 1. The Labute approximate surface area is 127 Å². The van der Waals surface area contributed by atoms with E-state index in [2.05, 4.69) is 0 Å². The quantitative estimate of drug-likeness (QED) is 0.819. The second-order valence-corrected chi connectivity index (χ2v) is 5.88. The van der Waals surface area contributed by atoms with E-state index < -0.39 is 0 Å². The van der Waals surface area contributed by atoms with Crippen molar-refractivity contribution in [1.82, 2.24) is 0 Å². The van der Waals surface area contributed by atoms with Crippen LogP contribution in [0.1, 0.15) is 27.6 Å². The Kier molecular flexibility index (Phi) is 3.75. The SMILES string of the molecule is COC(=O)CC1CN(C(=O)c2cccs2)c2ccccc21. The lowest BCUT2D eigenvalue weighted by atomic mass is 9.98. The molecule has 0 aliphatic carbocycles. The van der Waals surface area contributed by atoms with Gasteiger partial charge in [-0.05, 0) is 23.1 Å². The summed E-state index contributed by atoms with van der Waals surface area (Å²) in [4.78, 5) is 26.6. The number of methoxy groups -OCH3 is 1. The Morgan fingerprint density at radius 1 is 1.29 bits per heavy atom. The first-order chi connectivity index (χ1) is 10.2. The molecule has 0 radical (unpaired) electrons. The number of hydrogen-bond acceptors (Lipinski definition) is 4. The highest BCUT2D eigenvalue weighted by molar-refractivity contribution is 7.12. The van der Waals surface area contributed by atoms with Gasteiger partial charge in [-0.25, -0.2) is 0 Å². The zero-order chi connectivity index (χ0) is 14.8. The number of hydrogen-bond donors (Lipinski definition) is 0. The number of para-hydroxylation sites is 1. The highest BCUT2D eigenvalue weighted by atomic mass is 32.1. The second-order valence-electron chi connectivity index (χ2n) is 4.93. The molecule has 0 saturated heterocycles. The fraction of sp³-hybridized carbons (Fsp3) is 0.250. The minimum Gasteiger partial charge on any atom is -0.469 e. The first kappa shape index (κ1) is 13.8. The smallest absolute Gasteiger partial charge is 0.306 e. The Balaban J connectivity index is 1.91.